The molecule has 0 heterocycles. The Bertz CT molecular complexity index is 361. The van der Waals surface area contributed by atoms with Crippen molar-refractivity contribution >= 4 is 5.97 Å². The number of carbonyl (C=O) groups excluding carboxylic acids is 1. The maximum absolute atomic E-state index is 13.4. The number of aliphatic hydroxyl groups is 1. The Morgan fingerprint density at radius 1 is 1.00 bits per heavy atom. The molecule has 0 bridgehead atoms. The van der Waals surface area contributed by atoms with Gasteiger partial charge in [-0.25, -0.2) is 9.18 Å². The lowest BCUT2D eigenvalue weighted by Crippen LogP contribution is -2.63. The third-order valence-electron chi connectivity index (χ3n) is 2.25. The Balaban J connectivity index is 5.74. The first-order valence-electron chi connectivity index (χ1n) is 4.58. The van der Waals surface area contributed by atoms with Crippen LogP contribution in [0.4, 0.5) is 39.5 Å². The Morgan fingerprint density at radius 3 is 1.65 bits per heavy atom. The number of hydrogen-bond acceptors (Lipinski definition) is 3. The number of aliphatic hydroxyl groups excluding tert-OH is 1. The predicted molar refractivity (Wildman–Crippen MR) is 43.5 cm³/mol. The summed E-state index contributed by atoms with van der Waals surface area (Å²) in [7, 11) is 0.501. The fraction of sp³-hybridized carbons (Fsp3) is 0.875. The van der Waals surface area contributed by atoms with Crippen molar-refractivity contribution < 1.29 is 54.2 Å². The summed E-state index contributed by atoms with van der Waals surface area (Å²) >= 11 is 0. The van der Waals surface area contributed by atoms with Crippen LogP contribution in [0.3, 0.4) is 0 Å². The molecule has 0 rings (SSSR count). The first-order chi connectivity index (χ1) is 8.62. The third kappa shape index (κ3) is 3.10. The summed E-state index contributed by atoms with van der Waals surface area (Å²) in [5.74, 6) is -8.86. The maximum Gasteiger partial charge on any atom is 0.457 e. The number of methoxy groups -OCH3 is 1. The molecule has 0 spiro atoms. The van der Waals surface area contributed by atoms with E-state index in [1.807, 2.05) is 0 Å². The molecule has 0 aromatic rings. The highest BCUT2D eigenvalue weighted by molar-refractivity contribution is 5.74. The van der Waals surface area contributed by atoms with Crippen LogP contribution in [0.5, 0.6) is 0 Å². The lowest BCUT2D eigenvalue weighted by Gasteiger charge is -2.36. The summed E-state index contributed by atoms with van der Waals surface area (Å²) in [5, 5.41) is 8.73. The summed E-state index contributed by atoms with van der Waals surface area (Å²) in [4.78, 5) is 10.6. The first kappa shape index (κ1) is 18.8. The van der Waals surface area contributed by atoms with Crippen LogP contribution in [0, 0.1) is 0 Å². The largest absolute Gasteiger partial charge is 0.467 e. The van der Waals surface area contributed by atoms with Gasteiger partial charge in [-0.2, -0.15) is 35.1 Å². The molecule has 0 aromatic carbocycles. The van der Waals surface area contributed by atoms with Gasteiger partial charge in [-0.1, -0.05) is 0 Å². The average Bonchev–Trinajstić information content (AvgIpc) is 2.24. The lowest BCUT2D eigenvalue weighted by atomic mass is 9.89. The van der Waals surface area contributed by atoms with Crippen LogP contribution >= 0.6 is 0 Å². The topological polar surface area (TPSA) is 46.5 Å². The average molecular weight is 322 g/mol. The lowest BCUT2D eigenvalue weighted by molar-refractivity contribution is -0.386. The normalized spacial score (nSPS) is 18.4. The Labute approximate surface area is 105 Å². The monoisotopic (exact) mass is 322 g/mol. The zero-order valence-electron chi connectivity index (χ0n) is 9.45. The summed E-state index contributed by atoms with van der Waals surface area (Å²) in [5.41, 5.74) is -6.19. The van der Waals surface area contributed by atoms with Crippen molar-refractivity contribution in [2.45, 2.75) is 36.5 Å². The van der Waals surface area contributed by atoms with Gasteiger partial charge < -0.3 is 9.84 Å². The second-order valence-electron chi connectivity index (χ2n) is 3.61. The van der Waals surface area contributed by atoms with Crippen molar-refractivity contribution in [2.75, 3.05) is 7.11 Å². The van der Waals surface area contributed by atoms with Crippen LogP contribution < -0.4 is 0 Å². The van der Waals surface area contributed by atoms with Gasteiger partial charge in [0.2, 0.25) is 0 Å². The Kier molecular flexibility index (Phi) is 4.98. The van der Waals surface area contributed by atoms with E-state index < -0.39 is 42.4 Å². The Morgan fingerprint density at radius 2 is 1.40 bits per heavy atom. The van der Waals surface area contributed by atoms with Crippen LogP contribution in [0.1, 0.15) is 6.42 Å². The van der Waals surface area contributed by atoms with Gasteiger partial charge in [0, 0.05) is 6.42 Å². The van der Waals surface area contributed by atoms with Crippen molar-refractivity contribution in [3.63, 3.8) is 0 Å². The summed E-state index contributed by atoms with van der Waals surface area (Å²) in [6.07, 6.45) is -19.6. The van der Waals surface area contributed by atoms with Gasteiger partial charge in [-0.3, -0.25) is 0 Å². The minimum absolute atomic E-state index is 0.501. The van der Waals surface area contributed by atoms with Gasteiger partial charge in [0.15, 0.2) is 6.10 Å². The molecular weight excluding hydrogens is 315 g/mol. The molecule has 3 nitrogen and oxygen atoms in total. The number of halogens is 9. The predicted octanol–water partition coefficient (Wildman–Crippen LogP) is 2.38. The second kappa shape index (κ2) is 5.30. The van der Waals surface area contributed by atoms with Crippen LogP contribution in [0.15, 0.2) is 0 Å². The van der Waals surface area contributed by atoms with Crippen LogP contribution in [-0.4, -0.2) is 48.2 Å². The molecule has 2 unspecified atom stereocenters. The van der Waals surface area contributed by atoms with Crippen LogP contribution in [0.25, 0.3) is 0 Å². The van der Waals surface area contributed by atoms with Gasteiger partial charge in [-0.05, 0) is 0 Å². The molecule has 1 N–H and O–H groups in total. The van der Waals surface area contributed by atoms with Gasteiger partial charge in [0.05, 0.1) is 7.11 Å². The number of hydrogen-bond donors (Lipinski definition) is 1. The fourth-order valence-corrected chi connectivity index (χ4v) is 1.13. The number of rotatable bonds is 4. The van der Waals surface area contributed by atoms with Crippen molar-refractivity contribution in [3.05, 3.63) is 0 Å². The molecule has 0 radical (unpaired) electrons. The molecule has 0 saturated carbocycles. The van der Waals surface area contributed by atoms with Gasteiger partial charge in [0.25, 0.3) is 5.67 Å². The number of ether oxygens (including phenoxy) is 1. The van der Waals surface area contributed by atoms with E-state index in [1.165, 1.54) is 0 Å². The van der Waals surface area contributed by atoms with E-state index in [9.17, 15) is 44.3 Å². The molecule has 0 aliphatic rings. The number of alkyl halides is 9. The summed E-state index contributed by atoms with van der Waals surface area (Å²) in [6, 6.07) is 0. The highest BCUT2D eigenvalue weighted by Crippen LogP contribution is 2.54. The van der Waals surface area contributed by atoms with Crippen molar-refractivity contribution in [3.8, 4) is 0 Å². The zero-order chi connectivity index (χ0) is 16.6. The molecule has 0 amide bonds. The second-order valence-corrected chi connectivity index (χ2v) is 3.61. The van der Waals surface area contributed by atoms with E-state index in [0.717, 1.165) is 0 Å². The van der Waals surface area contributed by atoms with Gasteiger partial charge in [-0.15, -0.1) is 0 Å². The van der Waals surface area contributed by atoms with Crippen LogP contribution in [-0.2, 0) is 9.53 Å². The SMILES string of the molecule is COC(=O)C(O)CC(F)(C(F)(F)F)C(F)(F)C(F)(F)F. The molecule has 0 aliphatic carbocycles. The van der Waals surface area contributed by atoms with E-state index in [2.05, 4.69) is 4.74 Å². The number of carbonyl (C=O) groups is 1. The summed E-state index contributed by atoms with van der Waals surface area (Å²) < 4.78 is 115. The molecule has 2 atom stereocenters. The molecule has 0 fully saturated rings. The third-order valence-corrected chi connectivity index (χ3v) is 2.25. The van der Waals surface area contributed by atoms with E-state index in [1.54, 1.807) is 0 Å². The highest BCUT2D eigenvalue weighted by Gasteiger charge is 2.81. The standard InChI is InChI=1S/C8H7F9O3/c1-20-4(19)3(18)2-5(9,7(12,13)14)6(10,11)8(15,16)17/h3,18H,2H2,1H3. The van der Waals surface area contributed by atoms with E-state index in [4.69, 9.17) is 5.11 Å². The molecule has 0 aliphatic heterocycles. The van der Waals surface area contributed by atoms with E-state index in [-0.39, 0.29) is 0 Å². The minimum Gasteiger partial charge on any atom is -0.467 e. The summed E-state index contributed by atoms with van der Waals surface area (Å²) in [6.45, 7) is 0. The van der Waals surface area contributed by atoms with Crippen LogP contribution in [0.2, 0.25) is 0 Å². The molecule has 120 valence electrons. The maximum atomic E-state index is 13.4. The zero-order valence-corrected chi connectivity index (χ0v) is 9.45. The Hall–Kier alpha value is -1.20. The number of esters is 1. The van der Waals surface area contributed by atoms with Crippen molar-refractivity contribution in [1.82, 2.24) is 0 Å². The van der Waals surface area contributed by atoms with Gasteiger partial charge in [0.1, 0.15) is 0 Å². The molecular formula is C8H7F9O3. The molecule has 12 heteroatoms. The van der Waals surface area contributed by atoms with Crippen molar-refractivity contribution in [1.29, 1.82) is 0 Å². The fourth-order valence-electron chi connectivity index (χ4n) is 1.13. The molecule has 0 aromatic heterocycles. The van der Waals surface area contributed by atoms with E-state index >= 15 is 0 Å². The van der Waals surface area contributed by atoms with Gasteiger partial charge >= 0.3 is 24.2 Å². The molecule has 20 heavy (non-hydrogen) atoms. The first-order valence-corrected chi connectivity index (χ1v) is 4.58. The minimum atomic E-state index is -6.88. The van der Waals surface area contributed by atoms with E-state index in [0.29, 0.717) is 7.11 Å². The van der Waals surface area contributed by atoms with Crippen molar-refractivity contribution in [2.24, 2.45) is 0 Å². The smallest absolute Gasteiger partial charge is 0.457 e. The molecule has 0 saturated heterocycles. The highest BCUT2D eigenvalue weighted by atomic mass is 19.4. The quantitative estimate of drug-likeness (QED) is 0.638.